The van der Waals surface area contributed by atoms with Crippen LogP contribution in [-0.4, -0.2) is 37.0 Å². The molecule has 3 aromatic carbocycles. The van der Waals surface area contributed by atoms with Gasteiger partial charge in [-0.2, -0.15) is 17.2 Å². The number of ether oxygens (including phenoxy) is 3. The van der Waals surface area contributed by atoms with E-state index in [1.165, 1.54) is 12.1 Å². The van der Waals surface area contributed by atoms with Crippen molar-refractivity contribution >= 4 is 21.0 Å². The standard InChI is InChI=1S/C27H28F2O6S2/c1-19-17-18-33-26(3,35-19)21-9-13-24(14-10-21)36(23-7-5-4-6-8-23)25-15-11-22(12-16-25)34-20(2)27(28,29)37(30,31)32/h4-16,19-20H,17-18H2,1-3H3/p+1. The van der Waals surface area contributed by atoms with Crippen molar-refractivity contribution in [2.75, 3.05) is 6.61 Å². The molecule has 1 saturated heterocycles. The number of halogens is 2. The number of alkyl halides is 2. The minimum absolute atomic E-state index is 0.0557. The third-order valence-electron chi connectivity index (χ3n) is 6.11. The van der Waals surface area contributed by atoms with Gasteiger partial charge in [-0.05, 0) is 87.9 Å². The lowest BCUT2D eigenvalue weighted by molar-refractivity contribution is -0.288. The Morgan fingerprint density at radius 2 is 1.54 bits per heavy atom. The zero-order chi connectivity index (χ0) is 26.8. The van der Waals surface area contributed by atoms with Crippen LogP contribution < -0.4 is 4.74 Å². The summed E-state index contributed by atoms with van der Waals surface area (Å²) in [6.45, 7) is 5.45. The Balaban J connectivity index is 1.62. The summed E-state index contributed by atoms with van der Waals surface area (Å²) in [5.41, 5.74) is 0.914. The molecular weight excluding hydrogens is 522 g/mol. The highest BCUT2D eigenvalue weighted by atomic mass is 32.2. The van der Waals surface area contributed by atoms with E-state index in [1.807, 2.05) is 68.4 Å². The van der Waals surface area contributed by atoms with E-state index in [-0.39, 0.29) is 11.9 Å². The first-order valence-electron chi connectivity index (χ1n) is 11.7. The molecule has 198 valence electrons. The van der Waals surface area contributed by atoms with Gasteiger partial charge in [0.05, 0.1) is 23.6 Å². The Bertz CT molecular complexity index is 1300. The lowest BCUT2D eigenvalue weighted by Crippen LogP contribution is -2.42. The van der Waals surface area contributed by atoms with Crippen molar-refractivity contribution in [3.8, 4) is 5.75 Å². The summed E-state index contributed by atoms with van der Waals surface area (Å²) in [6.07, 6.45) is -1.14. The first kappa shape index (κ1) is 27.5. The Morgan fingerprint density at radius 3 is 2.08 bits per heavy atom. The lowest BCUT2D eigenvalue weighted by atomic mass is 10.1. The topological polar surface area (TPSA) is 82.1 Å². The fourth-order valence-corrected chi connectivity index (χ4v) is 6.57. The highest BCUT2D eigenvalue weighted by molar-refractivity contribution is 7.97. The zero-order valence-corrected chi connectivity index (χ0v) is 22.3. The average Bonchev–Trinajstić information content (AvgIpc) is 2.85. The fraction of sp³-hybridized carbons (Fsp3) is 0.333. The monoisotopic (exact) mass is 551 g/mol. The summed E-state index contributed by atoms with van der Waals surface area (Å²) >= 11 is 0. The van der Waals surface area contributed by atoms with Gasteiger partial charge in [-0.3, -0.25) is 4.55 Å². The van der Waals surface area contributed by atoms with E-state index in [4.69, 9.17) is 18.8 Å². The van der Waals surface area contributed by atoms with E-state index in [0.717, 1.165) is 33.6 Å². The predicted molar refractivity (Wildman–Crippen MR) is 137 cm³/mol. The van der Waals surface area contributed by atoms with Gasteiger partial charge < -0.3 is 14.2 Å². The molecule has 1 aliphatic rings. The molecule has 1 fully saturated rings. The van der Waals surface area contributed by atoms with E-state index < -0.39 is 38.2 Å². The molecule has 6 nitrogen and oxygen atoms in total. The molecular formula is C27H29F2O6S2+. The van der Waals surface area contributed by atoms with E-state index in [1.54, 1.807) is 12.1 Å². The van der Waals surface area contributed by atoms with Crippen molar-refractivity contribution in [3.63, 3.8) is 0 Å². The van der Waals surface area contributed by atoms with Gasteiger partial charge in [0, 0.05) is 5.56 Å². The number of rotatable bonds is 8. The smallest absolute Gasteiger partial charge is 0.405 e. The molecule has 4 atom stereocenters. The maximum atomic E-state index is 13.9. The van der Waals surface area contributed by atoms with Gasteiger partial charge in [-0.1, -0.05) is 18.2 Å². The first-order chi connectivity index (χ1) is 17.4. The molecule has 0 spiro atoms. The first-order valence-corrected chi connectivity index (χ1v) is 14.4. The Hall–Kier alpha value is -2.50. The van der Waals surface area contributed by atoms with Crippen molar-refractivity contribution in [3.05, 3.63) is 84.4 Å². The Morgan fingerprint density at radius 1 is 1.00 bits per heavy atom. The third kappa shape index (κ3) is 5.99. The Labute approximate surface area is 218 Å². The second kappa shape index (κ2) is 10.7. The normalized spacial score (nSPS) is 22.3. The van der Waals surface area contributed by atoms with Gasteiger partial charge >= 0.3 is 15.4 Å². The van der Waals surface area contributed by atoms with Crippen LogP contribution >= 0.6 is 0 Å². The van der Waals surface area contributed by atoms with Crippen molar-refractivity contribution in [1.29, 1.82) is 0 Å². The maximum Gasteiger partial charge on any atom is 0.405 e. The van der Waals surface area contributed by atoms with Gasteiger partial charge in [-0.15, -0.1) is 0 Å². The van der Waals surface area contributed by atoms with Crippen LogP contribution in [0.25, 0.3) is 0 Å². The van der Waals surface area contributed by atoms with Crippen LogP contribution in [0.2, 0.25) is 0 Å². The predicted octanol–water partition coefficient (Wildman–Crippen LogP) is 6.03. The van der Waals surface area contributed by atoms with Gasteiger partial charge in [0.25, 0.3) is 0 Å². The molecule has 1 heterocycles. The van der Waals surface area contributed by atoms with Gasteiger partial charge in [0.2, 0.25) is 0 Å². The van der Waals surface area contributed by atoms with E-state index in [0.29, 0.717) is 6.61 Å². The molecule has 37 heavy (non-hydrogen) atoms. The summed E-state index contributed by atoms with van der Waals surface area (Å²) in [5, 5.41) is -4.44. The van der Waals surface area contributed by atoms with Crippen molar-refractivity contribution < 1.29 is 36.0 Å². The van der Waals surface area contributed by atoms with Crippen LogP contribution in [0.1, 0.15) is 32.8 Å². The van der Waals surface area contributed by atoms with E-state index in [2.05, 4.69) is 0 Å². The van der Waals surface area contributed by atoms with Crippen LogP contribution in [-0.2, 0) is 36.3 Å². The average molecular weight is 552 g/mol. The zero-order valence-electron chi connectivity index (χ0n) is 20.6. The molecule has 0 amide bonds. The van der Waals surface area contributed by atoms with Crippen LogP contribution in [0.5, 0.6) is 5.75 Å². The highest BCUT2D eigenvalue weighted by Crippen LogP contribution is 2.37. The van der Waals surface area contributed by atoms with Crippen molar-refractivity contribution in [2.45, 2.75) is 65.1 Å². The minimum Gasteiger partial charge on any atom is -0.483 e. The van der Waals surface area contributed by atoms with Crippen molar-refractivity contribution in [1.82, 2.24) is 0 Å². The van der Waals surface area contributed by atoms with Crippen LogP contribution in [0, 0.1) is 0 Å². The number of hydrogen-bond acceptors (Lipinski definition) is 5. The number of hydrogen-bond donors (Lipinski definition) is 1. The summed E-state index contributed by atoms with van der Waals surface area (Å²) < 4.78 is 75.8. The third-order valence-corrected chi connectivity index (χ3v) is 9.36. The molecule has 4 rings (SSSR count). The SMILES string of the molecule is CC1CCOC(C)(c2ccc([S+](c3ccccc3)c3ccc(OC(C)C(F)(F)S(=O)(=O)O)cc3)cc2)O1. The quantitative estimate of drug-likeness (QED) is 0.272. The summed E-state index contributed by atoms with van der Waals surface area (Å²) in [5.74, 6) is -0.762. The molecule has 3 aromatic rings. The van der Waals surface area contributed by atoms with Gasteiger partial charge in [-0.25, -0.2) is 0 Å². The largest absolute Gasteiger partial charge is 0.483 e. The van der Waals surface area contributed by atoms with Gasteiger partial charge in [0.1, 0.15) is 5.75 Å². The summed E-state index contributed by atoms with van der Waals surface area (Å²) in [6, 6.07) is 24.5. The van der Waals surface area contributed by atoms with Gasteiger partial charge in [0.15, 0.2) is 26.6 Å². The molecule has 10 heteroatoms. The van der Waals surface area contributed by atoms with E-state index >= 15 is 0 Å². The maximum absolute atomic E-state index is 13.9. The van der Waals surface area contributed by atoms with Crippen LogP contribution in [0.3, 0.4) is 0 Å². The van der Waals surface area contributed by atoms with Crippen LogP contribution in [0.4, 0.5) is 8.78 Å². The van der Waals surface area contributed by atoms with E-state index in [9.17, 15) is 17.2 Å². The summed E-state index contributed by atoms with van der Waals surface area (Å²) in [4.78, 5) is 2.99. The molecule has 0 saturated carbocycles. The second-order valence-electron chi connectivity index (χ2n) is 8.92. The molecule has 1 N–H and O–H groups in total. The summed E-state index contributed by atoms with van der Waals surface area (Å²) in [7, 11) is -6.13. The fourth-order valence-electron chi connectivity index (χ4n) is 4.04. The Kier molecular flexibility index (Phi) is 7.96. The molecule has 0 bridgehead atoms. The molecule has 4 unspecified atom stereocenters. The second-order valence-corrected chi connectivity index (χ2v) is 12.4. The highest BCUT2D eigenvalue weighted by Gasteiger charge is 2.51. The minimum atomic E-state index is -5.61. The number of benzene rings is 3. The van der Waals surface area contributed by atoms with Crippen molar-refractivity contribution in [2.24, 2.45) is 0 Å². The molecule has 0 radical (unpaired) electrons. The molecule has 1 aliphatic heterocycles. The molecule has 0 aliphatic carbocycles. The van der Waals surface area contributed by atoms with Crippen LogP contribution in [0.15, 0.2) is 93.5 Å². The lowest BCUT2D eigenvalue weighted by Gasteiger charge is -2.37. The molecule has 0 aromatic heterocycles.